The van der Waals surface area contributed by atoms with Gasteiger partial charge in [0.05, 0.1) is 5.38 Å². The van der Waals surface area contributed by atoms with E-state index in [1.807, 2.05) is 0 Å². The molecule has 0 nitrogen and oxygen atoms in total. The maximum absolute atomic E-state index is 12.8. The summed E-state index contributed by atoms with van der Waals surface area (Å²) in [5.74, 6) is -0.303. The van der Waals surface area contributed by atoms with Gasteiger partial charge < -0.3 is 0 Å². The molecule has 2 rings (SSSR count). The van der Waals surface area contributed by atoms with Gasteiger partial charge in [-0.15, -0.1) is 11.6 Å². The lowest BCUT2D eigenvalue weighted by Crippen LogP contribution is -1.95. The molecule has 1 atom stereocenters. The molecule has 0 radical (unpaired) electrons. The summed E-state index contributed by atoms with van der Waals surface area (Å²) >= 11 is 18.4. The lowest BCUT2D eigenvalue weighted by atomic mass is 10.0. The van der Waals surface area contributed by atoms with Gasteiger partial charge >= 0.3 is 0 Å². The Hall–Kier alpha value is -0.760. The van der Waals surface area contributed by atoms with Gasteiger partial charge in [-0.1, -0.05) is 41.4 Å². The zero-order chi connectivity index (χ0) is 12.4. The van der Waals surface area contributed by atoms with Gasteiger partial charge in [0, 0.05) is 15.6 Å². The monoisotopic (exact) mass is 288 g/mol. The molecular formula is C13H8Cl3F. The first kappa shape index (κ1) is 12.7. The fourth-order valence-corrected chi connectivity index (χ4v) is 2.66. The van der Waals surface area contributed by atoms with Gasteiger partial charge in [0.1, 0.15) is 5.82 Å². The molecule has 17 heavy (non-hydrogen) atoms. The number of rotatable bonds is 2. The standard InChI is InChI=1S/C13H8Cl3F/c14-10-2-1-3-11(15)12(10)13(16)8-4-6-9(17)7-5-8/h1-7,13H. The van der Waals surface area contributed by atoms with E-state index in [1.165, 1.54) is 12.1 Å². The van der Waals surface area contributed by atoms with Crippen LogP contribution in [0.1, 0.15) is 16.5 Å². The van der Waals surface area contributed by atoms with Crippen LogP contribution in [0.4, 0.5) is 4.39 Å². The fraction of sp³-hybridized carbons (Fsp3) is 0.0769. The third kappa shape index (κ3) is 2.74. The molecule has 0 aliphatic rings. The van der Waals surface area contributed by atoms with Crippen LogP contribution in [-0.4, -0.2) is 0 Å². The number of alkyl halides is 1. The highest BCUT2D eigenvalue weighted by Gasteiger charge is 2.17. The summed E-state index contributed by atoms with van der Waals surface area (Å²) in [5, 5.41) is 0.514. The highest BCUT2D eigenvalue weighted by Crippen LogP contribution is 2.38. The van der Waals surface area contributed by atoms with Crippen molar-refractivity contribution in [3.63, 3.8) is 0 Å². The van der Waals surface area contributed by atoms with E-state index in [0.29, 0.717) is 15.6 Å². The van der Waals surface area contributed by atoms with Crippen LogP contribution >= 0.6 is 34.8 Å². The Labute approximate surface area is 114 Å². The lowest BCUT2D eigenvalue weighted by Gasteiger charge is -2.13. The van der Waals surface area contributed by atoms with Crippen molar-refractivity contribution in [1.82, 2.24) is 0 Å². The average molecular weight is 290 g/mol. The summed E-state index contributed by atoms with van der Waals surface area (Å²) in [4.78, 5) is 0. The van der Waals surface area contributed by atoms with Gasteiger partial charge in [0.15, 0.2) is 0 Å². The number of benzene rings is 2. The predicted molar refractivity (Wildman–Crippen MR) is 70.6 cm³/mol. The second kappa shape index (κ2) is 5.26. The summed E-state index contributed by atoms with van der Waals surface area (Å²) < 4.78 is 12.8. The molecule has 0 heterocycles. The van der Waals surface area contributed by atoms with Crippen LogP contribution in [0.3, 0.4) is 0 Å². The highest BCUT2D eigenvalue weighted by molar-refractivity contribution is 6.38. The molecule has 2 aromatic rings. The van der Waals surface area contributed by atoms with Gasteiger partial charge in [-0.05, 0) is 29.8 Å². The Morgan fingerprint density at radius 2 is 1.41 bits per heavy atom. The van der Waals surface area contributed by atoms with Crippen LogP contribution in [0.15, 0.2) is 42.5 Å². The minimum absolute atomic E-state index is 0.303. The van der Waals surface area contributed by atoms with E-state index in [2.05, 4.69) is 0 Å². The number of halogens is 4. The Morgan fingerprint density at radius 1 is 0.882 bits per heavy atom. The molecule has 0 saturated heterocycles. The van der Waals surface area contributed by atoms with Crippen molar-refractivity contribution in [3.05, 3.63) is 69.5 Å². The minimum Gasteiger partial charge on any atom is -0.207 e. The van der Waals surface area contributed by atoms with E-state index < -0.39 is 5.38 Å². The summed E-state index contributed by atoms with van der Waals surface area (Å²) in [6.07, 6.45) is 0. The highest BCUT2D eigenvalue weighted by atomic mass is 35.5. The first-order valence-electron chi connectivity index (χ1n) is 4.93. The van der Waals surface area contributed by atoms with Crippen molar-refractivity contribution in [2.24, 2.45) is 0 Å². The number of hydrogen-bond donors (Lipinski definition) is 0. The Kier molecular flexibility index (Phi) is 3.93. The SMILES string of the molecule is Fc1ccc(C(Cl)c2c(Cl)cccc2Cl)cc1. The first-order valence-corrected chi connectivity index (χ1v) is 6.12. The van der Waals surface area contributed by atoms with E-state index >= 15 is 0 Å². The summed E-state index contributed by atoms with van der Waals surface area (Å²) in [7, 11) is 0. The van der Waals surface area contributed by atoms with E-state index in [-0.39, 0.29) is 5.82 Å². The average Bonchev–Trinajstić information content (AvgIpc) is 2.29. The van der Waals surface area contributed by atoms with E-state index in [9.17, 15) is 4.39 Å². The van der Waals surface area contributed by atoms with Crippen LogP contribution < -0.4 is 0 Å². The van der Waals surface area contributed by atoms with Gasteiger partial charge in [-0.25, -0.2) is 4.39 Å². The molecule has 4 heteroatoms. The Balaban J connectivity index is 2.43. The van der Waals surface area contributed by atoms with Crippen molar-refractivity contribution in [2.45, 2.75) is 5.38 Å². The second-order valence-corrected chi connectivity index (χ2v) is 4.80. The lowest BCUT2D eigenvalue weighted by molar-refractivity contribution is 0.627. The maximum atomic E-state index is 12.8. The third-order valence-corrected chi connectivity index (χ3v) is 3.55. The summed E-state index contributed by atoms with van der Waals surface area (Å²) in [6.45, 7) is 0. The molecule has 0 fully saturated rings. The van der Waals surface area contributed by atoms with Gasteiger partial charge in [0.2, 0.25) is 0 Å². The first-order chi connectivity index (χ1) is 8.09. The van der Waals surface area contributed by atoms with Crippen molar-refractivity contribution in [3.8, 4) is 0 Å². The molecule has 0 saturated carbocycles. The van der Waals surface area contributed by atoms with Crippen molar-refractivity contribution in [2.75, 3.05) is 0 Å². The summed E-state index contributed by atoms with van der Waals surface area (Å²) in [5.41, 5.74) is 1.40. The molecular weight excluding hydrogens is 282 g/mol. The van der Waals surface area contributed by atoms with Crippen LogP contribution in [-0.2, 0) is 0 Å². The quantitative estimate of drug-likeness (QED) is 0.644. The molecule has 2 aromatic carbocycles. The molecule has 0 aliphatic heterocycles. The van der Waals surface area contributed by atoms with E-state index in [1.54, 1.807) is 30.3 Å². The van der Waals surface area contributed by atoms with Gasteiger partial charge in [-0.3, -0.25) is 0 Å². The van der Waals surface area contributed by atoms with E-state index in [4.69, 9.17) is 34.8 Å². The Bertz CT molecular complexity index is 502. The summed E-state index contributed by atoms with van der Waals surface area (Å²) in [6, 6.07) is 11.1. The molecule has 0 amide bonds. The normalized spacial score (nSPS) is 12.5. The largest absolute Gasteiger partial charge is 0.207 e. The second-order valence-electron chi connectivity index (χ2n) is 3.55. The minimum atomic E-state index is -0.489. The molecule has 88 valence electrons. The maximum Gasteiger partial charge on any atom is 0.123 e. The van der Waals surface area contributed by atoms with Crippen molar-refractivity contribution in [1.29, 1.82) is 0 Å². The topological polar surface area (TPSA) is 0 Å². The molecule has 0 bridgehead atoms. The zero-order valence-electron chi connectivity index (χ0n) is 8.63. The molecule has 1 unspecified atom stereocenters. The van der Waals surface area contributed by atoms with Crippen molar-refractivity contribution < 1.29 is 4.39 Å². The van der Waals surface area contributed by atoms with Crippen LogP contribution in [0.2, 0.25) is 10.0 Å². The van der Waals surface area contributed by atoms with Crippen molar-refractivity contribution >= 4 is 34.8 Å². The molecule has 0 aliphatic carbocycles. The predicted octanol–water partition coefficient (Wildman–Crippen LogP) is 5.46. The molecule has 0 N–H and O–H groups in total. The van der Waals surface area contributed by atoms with Crippen LogP contribution in [0.25, 0.3) is 0 Å². The third-order valence-electron chi connectivity index (χ3n) is 2.42. The smallest absolute Gasteiger partial charge is 0.123 e. The number of hydrogen-bond acceptors (Lipinski definition) is 0. The fourth-order valence-electron chi connectivity index (χ4n) is 1.55. The molecule has 0 aromatic heterocycles. The van der Waals surface area contributed by atoms with Crippen LogP contribution in [0.5, 0.6) is 0 Å². The van der Waals surface area contributed by atoms with Gasteiger partial charge in [0.25, 0.3) is 0 Å². The molecule has 0 spiro atoms. The van der Waals surface area contributed by atoms with Gasteiger partial charge in [-0.2, -0.15) is 0 Å². The zero-order valence-corrected chi connectivity index (χ0v) is 10.9. The van der Waals surface area contributed by atoms with E-state index in [0.717, 1.165) is 5.56 Å². The Morgan fingerprint density at radius 3 is 1.94 bits per heavy atom. The van der Waals surface area contributed by atoms with Crippen LogP contribution in [0, 0.1) is 5.82 Å².